The van der Waals surface area contributed by atoms with Crippen LogP contribution in [-0.2, 0) is 4.79 Å². The molecule has 3 heterocycles. The predicted molar refractivity (Wildman–Crippen MR) is 109 cm³/mol. The molecule has 29 heavy (non-hydrogen) atoms. The first-order valence-electron chi connectivity index (χ1n) is 9.73. The van der Waals surface area contributed by atoms with Crippen LogP contribution in [0, 0.1) is 0 Å². The lowest BCUT2D eigenvalue weighted by atomic mass is 9.98. The molecular weight excluding hydrogens is 390 g/mol. The van der Waals surface area contributed by atoms with E-state index in [-0.39, 0.29) is 18.4 Å². The fraction of sp³-hybridized carbons (Fsp3) is 0.381. The van der Waals surface area contributed by atoms with Gasteiger partial charge in [-0.15, -0.1) is 21.5 Å². The molecule has 0 N–H and O–H groups in total. The first kappa shape index (κ1) is 19.4. The molecule has 152 valence electrons. The van der Waals surface area contributed by atoms with Crippen LogP contribution < -0.4 is 9.47 Å². The van der Waals surface area contributed by atoms with Gasteiger partial charge in [0, 0.05) is 13.1 Å². The van der Waals surface area contributed by atoms with Crippen LogP contribution >= 0.6 is 11.3 Å². The molecule has 3 aromatic rings. The largest absolute Gasteiger partial charge is 0.494 e. The van der Waals surface area contributed by atoms with Gasteiger partial charge in [0.05, 0.1) is 17.4 Å². The van der Waals surface area contributed by atoms with E-state index in [1.165, 1.54) is 0 Å². The van der Waals surface area contributed by atoms with E-state index < -0.39 is 0 Å². The van der Waals surface area contributed by atoms with Crippen molar-refractivity contribution in [2.24, 2.45) is 0 Å². The molecule has 1 unspecified atom stereocenters. The Balaban J connectivity index is 1.32. The number of thiophene rings is 1. The summed E-state index contributed by atoms with van der Waals surface area (Å²) in [6, 6.07) is 11.2. The van der Waals surface area contributed by atoms with Crippen LogP contribution in [0.4, 0.5) is 0 Å². The maximum Gasteiger partial charge on any atom is 0.260 e. The first-order chi connectivity index (χ1) is 14.2. The number of hydrogen-bond acceptors (Lipinski definition) is 7. The predicted octanol–water partition coefficient (Wildman–Crippen LogP) is 3.98. The third-order valence-electron chi connectivity index (χ3n) is 4.79. The number of carbonyl (C=O) groups excluding carboxylic acids is 1. The summed E-state index contributed by atoms with van der Waals surface area (Å²) < 4.78 is 16.9. The topological polar surface area (TPSA) is 77.7 Å². The zero-order valence-electron chi connectivity index (χ0n) is 16.2. The Labute approximate surface area is 173 Å². The summed E-state index contributed by atoms with van der Waals surface area (Å²) in [5.74, 6) is 2.58. The van der Waals surface area contributed by atoms with Gasteiger partial charge in [0.1, 0.15) is 11.5 Å². The van der Waals surface area contributed by atoms with Crippen LogP contribution in [0.2, 0.25) is 0 Å². The second kappa shape index (κ2) is 9.09. The zero-order chi connectivity index (χ0) is 20.1. The Kier molecular flexibility index (Phi) is 6.09. The molecule has 0 spiro atoms. The highest BCUT2D eigenvalue weighted by Crippen LogP contribution is 2.30. The van der Waals surface area contributed by atoms with E-state index in [2.05, 4.69) is 10.2 Å². The van der Waals surface area contributed by atoms with Crippen molar-refractivity contribution in [3.8, 4) is 22.3 Å². The number of carbonyl (C=O) groups is 1. The van der Waals surface area contributed by atoms with E-state index in [0.717, 1.165) is 23.5 Å². The van der Waals surface area contributed by atoms with Crippen molar-refractivity contribution < 1.29 is 18.7 Å². The van der Waals surface area contributed by atoms with E-state index in [9.17, 15) is 4.79 Å². The minimum Gasteiger partial charge on any atom is -0.494 e. The van der Waals surface area contributed by atoms with Crippen LogP contribution in [0.5, 0.6) is 11.5 Å². The van der Waals surface area contributed by atoms with Gasteiger partial charge in [-0.1, -0.05) is 6.07 Å². The van der Waals surface area contributed by atoms with E-state index >= 15 is 0 Å². The fourth-order valence-corrected chi connectivity index (χ4v) is 3.98. The zero-order valence-corrected chi connectivity index (χ0v) is 17.1. The molecule has 7 nitrogen and oxygen atoms in total. The van der Waals surface area contributed by atoms with E-state index in [0.29, 0.717) is 37.2 Å². The summed E-state index contributed by atoms with van der Waals surface area (Å²) >= 11 is 1.56. The molecule has 1 atom stereocenters. The third-order valence-corrected chi connectivity index (χ3v) is 5.65. The number of rotatable bonds is 7. The fourth-order valence-electron chi connectivity index (χ4n) is 3.34. The summed E-state index contributed by atoms with van der Waals surface area (Å²) in [5, 5.41) is 10.3. The maximum absolute atomic E-state index is 12.6. The molecule has 1 aliphatic rings. The second-order valence-corrected chi connectivity index (χ2v) is 7.74. The van der Waals surface area contributed by atoms with Crippen LogP contribution in [-0.4, -0.2) is 47.3 Å². The molecule has 2 aromatic heterocycles. The molecule has 0 aliphatic carbocycles. The van der Waals surface area contributed by atoms with E-state index in [1.807, 2.05) is 53.6 Å². The lowest BCUT2D eigenvalue weighted by Crippen LogP contribution is -2.41. The quantitative estimate of drug-likeness (QED) is 0.583. The molecule has 8 heteroatoms. The van der Waals surface area contributed by atoms with Gasteiger partial charge in [0.2, 0.25) is 5.89 Å². The van der Waals surface area contributed by atoms with Crippen molar-refractivity contribution in [1.82, 2.24) is 15.1 Å². The van der Waals surface area contributed by atoms with Crippen molar-refractivity contribution in [1.29, 1.82) is 0 Å². The Morgan fingerprint density at radius 3 is 2.72 bits per heavy atom. The van der Waals surface area contributed by atoms with Crippen molar-refractivity contribution in [2.45, 2.75) is 25.7 Å². The molecule has 1 saturated heterocycles. The molecule has 4 rings (SSSR count). The van der Waals surface area contributed by atoms with Gasteiger partial charge in [-0.3, -0.25) is 4.79 Å². The van der Waals surface area contributed by atoms with Crippen LogP contribution in [0.1, 0.15) is 31.6 Å². The first-order valence-corrected chi connectivity index (χ1v) is 10.6. The van der Waals surface area contributed by atoms with E-state index in [1.54, 1.807) is 11.3 Å². The Bertz CT molecular complexity index is 924. The number of nitrogens with zero attached hydrogens (tertiary/aromatic N) is 3. The monoisotopic (exact) mass is 413 g/mol. The molecule has 0 bridgehead atoms. The summed E-state index contributed by atoms with van der Waals surface area (Å²) in [5.41, 5.74) is 0. The second-order valence-electron chi connectivity index (χ2n) is 6.79. The molecule has 1 amide bonds. The number of likely N-dealkylation sites (tertiary alicyclic amines) is 1. The molecule has 1 aromatic carbocycles. The average Bonchev–Trinajstić information content (AvgIpc) is 3.45. The number of aromatic nitrogens is 2. The van der Waals surface area contributed by atoms with Gasteiger partial charge in [-0.2, -0.15) is 0 Å². The van der Waals surface area contributed by atoms with Crippen LogP contribution in [0.3, 0.4) is 0 Å². The number of piperidine rings is 1. The molecular formula is C21H23N3O4S. The van der Waals surface area contributed by atoms with Gasteiger partial charge in [-0.25, -0.2) is 0 Å². The lowest BCUT2D eigenvalue weighted by Gasteiger charge is -2.31. The minimum atomic E-state index is -0.0402. The maximum atomic E-state index is 12.6. The molecule has 0 radical (unpaired) electrons. The molecule has 0 saturated carbocycles. The number of ether oxygens (including phenoxy) is 2. The smallest absolute Gasteiger partial charge is 0.260 e. The van der Waals surface area contributed by atoms with Gasteiger partial charge in [0.25, 0.3) is 11.8 Å². The highest BCUT2D eigenvalue weighted by atomic mass is 32.1. The number of benzene rings is 1. The summed E-state index contributed by atoms with van der Waals surface area (Å²) in [6.07, 6.45) is 1.83. The summed E-state index contributed by atoms with van der Waals surface area (Å²) in [6.45, 7) is 3.84. The van der Waals surface area contributed by atoms with Crippen molar-refractivity contribution in [2.75, 3.05) is 26.3 Å². The van der Waals surface area contributed by atoms with Gasteiger partial charge < -0.3 is 18.8 Å². The SMILES string of the molecule is CCOc1ccc(OCC(=O)N2CCCC(c3nnc(-c4cccs4)o3)C2)cc1. The third kappa shape index (κ3) is 4.76. The van der Waals surface area contributed by atoms with Crippen molar-refractivity contribution in [3.05, 3.63) is 47.7 Å². The van der Waals surface area contributed by atoms with Crippen molar-refractivity contribution in [3.63, 3.8) is 0 Å². The molecule has 1 aliphatic heterocycles. The number of amides is 1. The average molecular weight is 413 g/mol. The van der Waals surface area contributed by atoms with E-state index in [4.69, 9.17) is 13.9 Å². The highest BCUT2D eigenvalue weighted by Gasteiger charge is 2.28. The summed E-state index contributed by atoms with van der Waals surface area (Å²) in [4.78, 5) is 15.4. The molecule has 1 fully saturated rings. The standard InChI is InChI=1S/C21H23N3O4S/c1-2-26-16-7-9-17(10-8-16)27-14-19(25)24-11-3-5-15(13-24)20-22-23-21(28-20)18-6-4-12-29-18/h4,6-10,12,15H,2-3,5,11,13-14H2,1H3. The Morgan fingerprint density at radius 2 is 2.00 bits per heavy atom. The van der Waals surface area contributed by atoms with Gasteiger partial charge in [-0.05, 0) is 55.5 Å². The normalized spacial score (nSPS) is 16.6. The Morgan fingerprint density at radius 1 is 1.21 bits per heavy atom. The van der Waals surface area contributed by atoms with Gasteiger partial charge >= 0.3 is 0 Å². The Hall–Kier alpha value is -2.87. The van der Waals surface area contributed by atoms with Gasteiger partial charge in [0.15, 0.2) is 6.61 Å². The van der Waals surface area contributed by atoms with Crippen LogP contribution in [0.15, 0.2) is 46.2 Å². The lowest BCUT2D eigenvalue weighted by molar-refractivity contribution is -0.134. The highest BCUT2D eigenvalue weighted by molar-refractivity contribution is 7.13. The number of hydrogen-bond donors (Lipinski definition) is 0. The minimum absolute atomic E-state index is 0.00494. The summed E-state index contributed by atoms with van der Waals surface area (Å²) in [7, 11) is 0. The van der Waals surface area contributed by atoms with Crippen molar-refractivity contribution >= 4 is 17.2 Å². The van der Waals surface area contributed by atoms with Crippen LogP contribution in [0.25, 0.3) is 10.8 Å².